The number of ether oxygens (including phenoxy) is 1. The highest BCUT2D eigenvalue weighted by Gasteiger charge is 2.37. The number of halogens is 2. The molecule has 1 aliphatic rings. The minimum Gasteiger partial charge on any atom is -0.439 e. The number of hydrogen-bond acceptors (Lipinski definition) is 5. The zero-order valence-corrected chi connectivity index (χ0v) is 14.7. The van der Waals surface area contributed by atoms with E-state index < -0.39 is 11.7 Å². The lowest BCUT2D eigenvalue weighted by atomic mass is 9.84. The van der Waals surface area contributed by atoms with Gasteiger partial charge in [0, 0.05) is 20.7 Å². The highest BCUT2D eigenvalue weighted by molar-refractivity contribution is 7.16. The lowest BCUT2D eigenvalue weighted by molar-refractivity contribution is 0.397. The van der Waals surface area contributed by atoms with Crippen molar-refractivity contribution in [3.05, 3.63) is 85.4 Å². The van der Waals surface area contributed by atoms with Crippen molar-refractivity contribution in [1.29, 1.82) is 5.26 Å². The number of nitriles is 1. The first kappa shape index (κ1) is 16.6. The van der Waals surface area contributed by atoms with Crippen molar-refractivity contribution < 1.29 is 9.13 Å². The Balaban J connectivity index is 2.15. The molecule has 3 aromatic rings. The fourth-order valence-corrected chi connectivity index (χ4v) is 4.35. The summed E-state index contributed by atoms with van der Waals surface area (Å²) < 4.78 is 20.6. The van der Waals surface area contributed by atoms with Crippen LogP contribution in [0.1, 0.15) is 17.0 Å². The summed E-state index contributed by atoms with van der Waals surface area (Å²) >= 11 is 7.22. The van der Waals surface area contributed by atoms with Gasteiger partial charge in [0.05, 0.1) is 11.5 Å². The van der Waals surface area contributed by atoms with Crippen molar-refractivity contribution in [2.24, 2.45) is 5.73 Å². The molecule has 0 bridgehead atoms. The molecule has 0 radical (unpaired) electrons. The Morgan fingerprint density at radius 1 is 1.19 bits per heavy atom. The van der Waals surface area contributed by atoms with Crippen LogP contribution in [0.3, 0.4) is 0 Å². The molecular formula is C19H10ClFN2O2S. The largest absolute Gasteiger partial charge is 0.439 e. The summed E-state index contributed by atoms with van der Waals surface area (Å²) in [5.74, 6) is -1.56. The number of nitrogens with zero attached hydrogens (tertiary/aromatic N) is 1. The molecule has 4 rings (SSSR count). The summed E-state index contributed by atoms with van der Waals surface area (Å²) in [4.78, 5) is 12.9. The second-order valence-electron chi connectivity index (χ2n) is 5.69. The van der Waals surface area contributed by atoms with Gasteiger partial charge in [-0.15, -0.1) is 0 Å². The van der Waals surface area contributed by atoms with Crippen LogP contribution in [0, 0.1) is 17.1 Å². The summed E-state index contributed by atoms with van der Waals surface area (Å²) in [7, 11) is 0. The van der Waals surface area contributed by atoms with Crippen LogP contribution in [-0.2, 0) is 0 Å². The highest BCUT2D eigenvalue weighted by atomic mass is 35.5. The van der Waals surface area contributed by atoms with Gasteiger partial charge in [-0.2, -0.15) is 5.26 Å². The van der Waals surface area contributed by atoms with E-state index in [9.17, 15) is 14.4 Å². The number of allylic oxidation sites excluding steroid dienone is 1. The Morgan fingerprint density at radius 3 is 2.69 bits per heavy atom. The maximum atomic E-state index is 14.6. The number of nitrogens with two attached hydrogens (primary N) is 1. The molecular weight excluding hydrogens is 375 g/mol. The molecule has 4 nitrogen and oxygen atoms in total. The third kappa shape index (κ3) is 2.37. The van der Waals surface area contributed by atoms with Crippen LogP contribution in [0.15, 0.2) is 58.7 Å². The van der Waals surface area contributed by atoms with Gasteiger partial charge in [0.2, 0.25) is 10.6 Å². The van der Waals surface area contributed by atoms with Gasteiger partial charge in [-0.25, -0.2) is 4.39 Å². The molecule has 0 aliphatic carbocycles. The van der Waals surface area contributed by atoms with Crippen molar-refractivity contribution in [3.8, 4) is 11.8 Å². The molecule has 1 aliphatic heterocycles. The van der Waals surface area contributed by atoms with Crippen LogP contribution in [0.25, 0.3) is 10.1 Å². The van der Waals surface area contributed by atoms with E-state index in [0.29, 0.717) is 10.1 Å². The van der Waals surface area contributed by atoms with E-state index in [0.717, 1.165) is 11.3 Å². The Labute approximate surface area is 156 Å². The average Bonchev–Trinajstić information content (AvgIpc) is 2.61. The van der Waals surface area contributed by atoms with Gasteiger partial charge in [-0.1, -0.05) is 41.1 Å². The first-order valence-electron chi connectivity index (χ1n) is 7.60. The van der Waals surface area contributed by atoms with E-state index in [1.165, 1.54) is 18.2 Å². The normalized spacial score (nSPS) is 16.1. The Morgan fingerprint density at radius 2 is 1.96 bits per heavy atom. The lowest BCUT2D eigenvalue weighted by Gasteiger charge is -2.27. The average molecular weight is 385 g/mol. The molecule has 0 saturated carbocycles. The molecule has 128 valence electrons. The van der Waals surface area contributed by atoms with Gasteiger partial charge in [0.25, 0.3) is 0 Å². The van der Waals surface area contributed by atoms with E-state index in [1.54, 1.807) is 24.3 Å². The van der Waals surface area contributed by atoms with Gasteiger partial charge in [-0.05, 0) is 24.3 Å². The van der Waals surface area contributed by atoms with Crippen molar-refractivity contribution >= 4 is 33.0 Å². The van der Waals surface area contributed by atoms with Gasteiger partial charge >= 0.3 is 0 Å². The zero-order chi connectivity index (χ0) is 18.4. The molecule has 2 N–H and O–H groups in total. The van der Waals surface area contributed by atoms with Crippen LogP contribution in [-0.4, -0.2) is 0 Å². The molecule has 0 fully saturated rings. The maximum absolute atomic E-state index is 14.6. The van der Waals surface area contributed by atoms with Crippen LogP contribution in [0.5, 0.6) is 5.75 Å². The molecule has 7 heteroatoms. The summed E-state index contributed by atoms with van der Waals surface area (Å²) in [6.45, 7) is 0. The van der Waals surface area contributed by atoms with Crippen LogP contribution in [0.2, 0.25) is 5.02 Å². The van der Waals surface area contributed by atoms with Gasteiger partial charge in [-0.3, -0.25) is 4.79 Å². The SMILES string of the molecule is N#CC1=C(N)Oc2c(c(=O)sc3ccccc23)[C@@H]1c1c(F)cccc1Cl. The van der Waals surface area contributed by atoms with Gasteiger partial charge in [0.15, 0.2) is 0 Å². The van der Waals surface area contributed by atoms with E-state index >= 15 is 0 Å². The first-order valence-corrected chi connectivity index (χ1v) is 8.79. The lowest BCUT2D eigenvalue weighted by Crippen LogP contribution is -2.26. The predicted octanol–water partition coefficient (Wildman–Crippen LogP) is 4.27. The van der Waals surface area contributed by atoms with Crippen molar-refractivity contribution in [1.82, 2.24) is 0 Å². The van der Waals surface area contributed by atoms with Crippen LogP contribution >= 0.6 is 22.9 Å². The standard InChI is InChI=1S/C19H10ClFN2O2S/c20-11-5-3-6-12(21)15(11)14-10(8-22)18(23)25-17-9-4-1-2-7-13(9)26-19(24)16(14)17/h1-7,14H,23H2/t14-/m0/s1. The summed E-state index contributed by atoms with van der Waals surface area (Å²) in [5.41, 5.74) is 6.12. The van der Waals surface area contributed by atoms with Crippen LogP contribution in [0.4, 0.5) is 4.39 Å². The summed E-state index contributed by atoms with van der Waals surface area (Å²) in [5, 5.41) is 10.4. The molecule has 1 aromatic heterocycles. The quantitative estimate of drug-likeness (QED) is 0.679. The topological polar surface area (TPSA) is 76.1 Å². The molecule has 0 spiro atoms. The third-order valence-corrected chi connectivity index (χ3v) is 5.57. The molecule has 2 heterocycles. The minimum atomic E-state index is -1.02. The number of hydrogen-bond donors (Lipinski definition) is 1. The molecule has 0 unspecified atom stereocenters. The predicted molar refractivity (Wildman–Crippen MR) is 98.8 cm³/mol. The zero-order valence-electron chi connectivity index (χ0n) is 13.1. The van der Waals surface area contributed by atoms with Gasteiger partial charge < -0.3 is 10.5 Å². The summed E-state index contributed by atoms with van der Waals surface area (Å²) in [6.07, 6.45) is 0. The minimum absolute atomic E-state index is 0.0379. The Bertz CT molecular complexity index is 1180. The monoisotopic (exact) mass is 384 g/mol. The molecule has 26 heavy (non-hydrogen) atoms. The van der Waals surface area contributed by atoms with E-state index in [4.69, 9.17) is 22.1 Å². The van der Waals surface area contributed by atoms with Crippen LogP contribution < -0.4 is 15.2 Å². The Kier molecular flexibility index (Phi) is 3.91. The third-order valence-electron chi connectivity index (χ3n) is 4.26. The van der Waals surface area contributed by atoms with Crippen molar-refractivity contribution in [3.63, 3.8) is 0 Å². The fraction of sp³-hybridized carbons (Fsp3) is 0.0526. The van der Waals surface area contributed by atoms with Gasteiger partial charge in [0.1, 0.15) is 23.2 Å². The smallest absolute Gasteiger partial charge is 0.240 e. The Hall–Kier alpha value is -2.88. The van der Waals surface area contributed by atoms with E-state index in [-0.39, 0.29) is 38.1 Å². The first-order chi connectivity index (χ1) is 12.5. The van der Waals surface area contributed by atoms with Crippen molar-refractivity contribution in [2.75, 3.05) is 0 Å². The molecule has 0 amide bonds. The summed E-state index contributed by atoms with van der Waals surface area (Å²) in [6, 6.07) is 13.3. The number of benzene rings is 2. The number of fused-ring (bicyclic) bond motifs is 3. The number of rotatable bonds is 1. The second kappa shape index (κ2) is 6.13. The highest BCUT2D eigenvalue weighted by Crippen LogP contribution is 2.46. The molecule has 1 atom stereocenters. The second-order valence-corrected chi connectivity index (χ2v) is 7.11. The van der Waals surface area contributed by atoms with E-state index in [2.05, 4.69) is 0 Å². The molecule has 0 saturated heterocycles. The maximum Gasteiger partial charge on any atom is 0.240 e. The fourth-order valence-electron chi connectivity index (χ4n) is 3.14. The van der Waals surface area contributed by atoms with E-state index in [1.807, 2.05) is 6.07 Å². The molecule has 2 aromatic carbocycles. The van der Waals surface area contributed by atoms with Crippen molar-refractivity contribution in [2.45, 2.75) is 5.92 Å².